The molecule has 0 aromatic heterocycles. The van der Waals surface area contributed by atoms with E-state index in [1.54, 1.807) is 0 Å². The van der Waals surface area contributed by atoms with Gasteiger partial charge in [-0.2, -0.15) is 0 Å². The third-order valence-electron chi connectivity index (χ3n) is 6.02. The second-order valence-electron chi connectivity index (χ2n) is 8.42. The number of hydrogen-bond acceptors (Lipinski definition) is 3. The molecular weight excluding hydrogens is 523 g/mol. The smallest absolute Gasteiger partial charge is 0.281 e. The summed E-state index contributed by atoms with van der Waals surface area (Å²) in [7, 11) is 0. The summed E-state index contributed by atoms with van der Waals surface area (Å²) < 4.78 is 57.8. The van der Waals surface area contributed by atoms with Crippen molar-refractivity contribution in [2.75, 3.05) is 16.8 Å². The molecule has 3 aromatic carbocycles. The summed E-state index contributed by atoms with van der Waals surface area (Å²) in [6.07, 6.45) is -0.858. The minimum atomic E-state index is -3.58. The van der Waals surface area contributed by atoms with Crippen LogP contribution in [0.15, 0.2) is 54.6 Å². The fourth-order valence-corrected chi connectivity index (χ4v) is 4.30. The minimum absolute atomic E-state index is 0.00473. The summed E-state index contributed by atoms with van der Waals surface area (Å²) in [4.78, 5) is 26.7. The average molecular weight is 541 g/mol. The van der Waals surface area contributed by atoms with Crippen LogP contribution in [0.5, 0.6) is 0 Å². The monoisotopic (exact) mass is 540 g/mol. The number of alkyl halides is 2. The maximum absolute atomic E-state index is 14.8. The van der Waals surface area contributed by atoms with Crippen molar-refractivity contribution in [3.63, 3.8) is 0 Å². The van der Waals surface area contributed by atoms with Gasteiger partial charge in [-0.15, -0.1) is 0 Å². The quantitative estimate of drug-likeness (QED) is 0.377. The van der Waals surface area contributed by atoms with Gasteiger partial charge in [0.25, 0.3) is 17.7 Å². The molecule has 0 radical (unpaired) electrons. The highest BCUT2D eigenvalue weighted by Crippen LogP contribution is 2.47. The van der Waals surface area contributed by atoms with E-state index in [0.29, 0.717) is 0 Å². The molecule has 5 nitrogen and oxygen atoms in total. The van der Waals surface area contributed by atoms with Crippen molar-refractivity contribution in [3.05, 3.63) is 93.0 Å². The molecule has 0 saturated carbocycles. The number of anilines is 2. The molecule has 3 aromatic rings. The number of benzene rings is 3. The molecule has 4 rings (SSSR count). The molecule has 0 fully saturated rings. The topological polar surface area (TPSA) is 69.6 Å². The second kappa shape index (κ2) is 9.38. The number of nitrogens with one attached hydrogen (secondary N) is 1. The summed E-state index contributed by atoms with van der Waals surface area (Å²) in [5.74, 6) is -6.98. The largest absolute Gasteiger partial charge is 0.379 e. The van der Waals surface area contributed by atoms with E-state index in [1.165, 1.54) is 24.3 Å². The highest BCUT2D eigenvalue weighted by Gasteiger charge is 2.53. The Labute approximate surface area is 213 Å². The molecule has 1 aliphatic rings. The van der Waals surface area contributed by atoms with Crippen LogP contribution in [0.25, 0.3) is 0 Å². The minimum Gasteiger partial charge on any atom is -0.379 e. The van der Waals surface area contributed by atoms with Gasteiger partial charge >= 0.3 is 0 Å². The van der Waals surface area contributed by atoms with Crippen LogP contribution in [0, 0.1) is 11.6 Å². The van der Waals surface area contributed by atoms with Crippen molar-refractivity contribution in [1.82, 2.24) is 0 Å². The summed E-state index contributed by atoms with van der Waals surface area (Å²) >= 11 is 11.9. The summed E-state index contributed by atoms with van der Waals surface area (Å²) in [5.41, 5.74) is -3.58. The van der Waals surface area contributed by atoms with Gasteiger partial charge in [-0.1, -0.05) is 23.2 Å². The Bertz CT molecular complexity index is 1380. The van der Waals surface area contributed by atoms with Gasteiger partial charge in [-0.3, -0.25) is 9.59 Å². The van der Waals surface area contributed by atoms with Crippen molar-refractivity contribution in [2.45, 2.75) is 24.9 Å². The molecule has 2 amide bonds. The van der Waals surface area contributed by atoms with Gasteiger partial charge in [-0.25, -0.2) is 17.6 Å². The maximum atomic E-state index is 14.8. The zero-order valence-corrected chi connectivity index (χ0v) is 20.1. The molecule has 0 spiro atoms. The van der Waals surface area contributed by atoms with Crippen LogP contribution in [-0.4, -0.2) is 29.4 Å². The highest BCUT2D eigenvalue weighted by molar-refractivity contribution is 6.34. The first-order chi connectivity index (χ1) is 16.8. The molecule has 0 aliphatic carbocycles. The van der Waals surface area contributed by atoms with E-state index in [-0.39, 0.29) is 38.1 Å². The van der Waals surface area contributed by atoms with Crippen molar-refractivity contribution >= 4 is 46.4 Å². The zero-order chi connectivity index (χ0) is 26.4. The first-order valence-corrected chi connectivity index (χ1v) is 11.4. The Morgan fingerprint density at radius 1 is 1.03 bits per heavy atom. The van der Waals surface area contributed by atoms with E-state index >= 15 is 0 Å². The molecule has 0 unspecified atom stereocenters. The van der Waals surface area contributed by atoms with Crippen molar-refractivity contribution in [2.24, 2.45) is 0 Å². The van der Waals surface area contributed by atoms with Crippen molar-refractivity contribution in [1.29, 1.82) is 0 Å². The lowest BCUT2D eigenvalue weighted by Crippen LogP contribution is -2.42. The molecule has 0 bridgehead atoms. The second-order valence-corrected chi connectivity index (χ2v) is 9.26. The molecule has 1 atom stereocenters. The highest BCUT2D eigenvalue weighted by atomic mass is 35.5. The maximum Gasteiger partial charge on any atom is 0.281 e. The SMILES string of the molecule is C[C@@]1(O)c2cc(Cl)ccc2N(C(=O)c2ccc(NC(=O)c3cc(F)ccc3Cl)c(F)c2)CCC1(F)F. The van der Waals surface area contributed by atoms with Crippen LogP contribution >= 0.6 is 23.2 Å². The van der Waals surface area contributed by atoms with E-state index in [2.05, 4.69) is 5.32 Å². The Kier molecular flexibility index (Phi) is 6.76. The number of carbonyl (C=O) groups excluding carboxylic acids is 2. The first kappa shape index (κ1) is 25.9. The standard InChI is InChI=1S/C25H18Cl2F4N2O3/c1-24(36)17-11-14(26)3-7-21(17)33(9-8-25(24,30)31)23(35)13-2-6-20(19(29)10-13)32-22(34)16-12-15(28)4-5-18(16)27/h2-7,10-12,36H,8-9H2,1H3,(H,32,34)/t24-/m1/s1. The van der Waals surface area contributed by atoms with E-state index in [9.17, 15) is 32.3 Å². The fourth-order valence-electron chi connectivity index (χ4n) is 3.92. The van der Waals surface area contributed by atoms with Crippen LogP contribution in [0.2, 0.25) is 10.0 Å². The summed E-state index contributed by atoms with van der Waals surface area (Å²) in [6.45, 7) is 0.479. The van der Waals surface area contributed by atoms with E-state index in [0.717, 1.165) is 42.2 Å². The van der Waals surface area contributed by atoms with Crippen LogP contribution in [0.4, 0.5) is 28.9 Å². The number of amides is 2. The molecule has 188 valence electrons. The van der Waals surface area contributed by atoms with Crippen molar-refractivity contribution in [3.8, 4) is 0 Å². The predicted molar refractivity (Wildman–Crippen MR) is 128 cm³/mol. The average Bonchev–Trinajstić information content (AvgIpc) is 2.89. The third-order valence-corrected chi connectivity index (χ3v) is 6.58. The fraction of sp³-hybridized carbons (Fsp3) is 0.200. The van der Waals surface area contributed by atoms with Crippen LogP contribution in [0.3, 0.4) is 0 Å². The third kappa shape index (κ3) is 4.66. The number of carbonyl (C=O) groups is 2. The lowest BCUT2D eigenvalue weighted by molar-refractivity contribution is -0.177. The van der Waals surface area contributed by atoms with Gasteiger partial charge in [0.2, 0.25) is 0 Å². The molecular formula is C25H18Cl2F4N2O3. The molecule has 2 N–H and O–H groups in total. The van der Waals surface area contributed by atoms with Gasteiger partial charge in [0.15, 0.2) is 5.60 Å². The lowest BCUT2D eigenvalue weighted by atomic mass is 9.87. The van der Waals surface area contributed by atoms with E-state index < -0.39 is 47.9 Å². The lowest BCUT2D eigenvalue weighted by Gasteiger charge is -2.32. The number of hydrogen-bond donors (Lipinski definition) is 2. The molecule has 36 heavy (non-hydrogen) atoms. The Morgan fingerprint density at radius 3 is 2.44 bits per heavy atom. The number of aliphatic hydroxyl groups is 1. The summed E-state index contributed by atoms with van der Waals surface area (Å²) in [5, 5.41) is 12.9. The summed E-state index contributed by atoms with van der Waals surface area (Å²) in [6, 6.07) is 10.2. The Balaban J connectivity index is 1.65. The van der Waals surface area contributed by atoms with Gasteiger partial charge in [0.05, 0.1) is 22.0 Å². The van der Waals surface area contributed by atoms with Gasteiger partial charge in [0, 0.05) is 29.1 Å². The van der Waals surface area contributed by atoms with Gasteiger partial charge in [0.1, 0.15) is 11.6 Å². The predicted octanol–water partition coefficient (Wildman–Crippen LogP) is 6.42. The Hall–Kier alpha value is -3.14. The van der Waals surface area contributed by atoms with Crippen LogP contribution < -0.4 is 10.2 Å². The zero-order valence-electron chi connectivity index (χ0n) is 18.6. The number of halogens is 6. The number of rotatable bonds is 3. The van der Waals surface area contributed by atoms with Crippen molar-refractivity contribution < 1.29 is 32.3 Å². The van der Waals surface area contributed by atoms with Gasteiger partial charge in [-0.05, 0) is 61.5 Å². The normalized spacial score (nSPS) is 18.8. The van der Waals surface area contributed by atoms with Crippen LogP contribution in [0.1, 0.15) is 39.6 Å². The molecule has 1 aliphatic heterocycles. The number of fused-ring (bicyclic) bond motifs is 1. The van der Waals surface area contributed by atoms with E-state index in [4.69, 9.17) is 23.2 Å². The molecule has 0 saturated heterocycles. The molecule has 11 heteroatoms. The number of nitrogens with zero attached hydrogens (tertiary/aromatic N) is 1. The van der Waals surface area contributed by atoms with Crippen LogP contribution in [-0.2, 0) is 5.60 Å². The molecule has 1 heterocycles. The van der Waals surface area contributed by atoms with Gasteiger partial charge < -0.3 is 15.3 Å². The van der Waals surface area contributed by atoms with E-state index in [1.807, 2.05) is 0 Å². The first-order valence-electron chi connectivity index (χ1n) is 10.6. The Morgan fingerprint density at radius 2 is 1.75 bits per heavy atom.